The lowest BCUT2D eigenvalue weighted by atomic mass is 10.2. The minimum atomic E-state index is 0.878. The molecule has 0 unspecified atom stereocenters. The van der Waals surface area contributed by atoms with Gasteiger partial charge in [-0.25, -0.2) is 0 Å². The third-order valence-electron chi connectivity index (χ3n) is 2.52. The van der Waals surface area contributed by atoms with E-state index in [2.05, 4.69) is 24.0 Å². The molecule has 0 saturated carbocycles. The zero-order valence-electron chi connectivity index (χ0n) is 9.26. The fourth-order valence-corrected chi connectivity index (χ4v) is 2.85. The molecule has 0 atom stereocenters. The van der Waals surface area contributed by atoms with E-state index in [1.54, 1.807) is 0 Å². The van der Waals surface area contributed by atoms with E-state index in [0.717, 1.165) is 25.0 Å². The van der Waals surface area contributed by atoms with E-state index in [1.807, 2.05) is 0 Å². The van der Waals surface area contributed by atoms with E-state index in [0.29, 0.717) is 0 Å². The molecule has 3 heteroatoms. The molecule has 1 saturated heterocycles. The highest BCUT2D eigenvalue weighted by Crippen LogP contribution is 2.22. The van der Waals surface area contributed by atoms with Crippen molar-refractivity contribution in [1.82, 2.24) is 5.32 Å². The Morgan fingerprint density at radius 1 is 1.29 bits per heavy atom. The maximum Gasteiger partial charge on any atom is 0.0476 e. The normalized spacial score (nSPS) is 18.6. The number of hydrogen-bond acceptors (Lipinski definition) is 3. The van der Waals surface area contributed by atoms with Gasteiger partial charge in [0.25, 0.3) is 0 Å². The first kappa shape index (κ1) is 12.3. The van der Waals surface area contributed by atoms with E-state index < -0.39 is 0 Å². The van der Waals surface area contributed by atoms with Gasteiger partial charge in [0, 0.05) is 18.5 Å². The Labute approximate surface area is 92.2 Å². The van der Waals surface area contributed by atoms with Gasteiger partial charge in [-0.3, -0.25) is 0 Å². The predicted molar refractivity (Wildman–Crippen MR) is 64.1 cm³/mol. The topological polar surface area (TPSA) is 21.3 Å². The van der Waals surface area contributed by atoms with E-state index in [9.17, 15) is 0 Å². The monoisotopic (exact) mass is 217 g/mol. The minimum Gasteiger partial charge on any atom is -0.381 e. The van der Waals surface area contributed by atoms with Crippen LogP contribution in [0.15, 0.2) is 0 Å². The molecule has 1 aliphatic rings. The molecule has 0 bridgehead atoms. The molecule has 0 aliphatic carbocycles. The van der Waals surface area contributed by atoms with Crippen molar-refractivity contribution >= 4 is 11.8 Å². The molecule has 0 amide bonds. The summed E-state index contributed by atoms with van der Waals surface area (Å²) >= 11 is 2.15. The Hall–Kier alpha value is 0.270. The molecule has 0 aromatic rings. The lowest BCUT2D eigenvalue weighted by Gasteiger charge is -2.21. The molecule has 0 radical (unpaired) electrons. The smallest absolute Gasteiger partial charge is 0.0476 e. The zero-order valence-corrected chi connectivity index (χ0v) is 10.1. The molecule has 14 heavy (non-hydrogen) atoms. The van der Waals surface area contributed by atoms with Gasteiger partial charge in [0.2, 0.25) is 0 Å². The molecule has 0 spiro atoms. The molecular formula is C11H23NOS. The van der Waals surface area contributed by atoms with Crippen LogP contribution in [0.25, 0.3) is 0 Å². The van der Waals surface area contributed by atoms with Gasteiger partial charge in [-0.05, 0) is 44.5 Å². The Kier molecular flexibility index (Phi) is 7.55. The van der Waals surface area contributed by atoms with Crippen molar-refractivity contribution in [3.05, 3.63) is 0 Å². The second kappa shape index (κ2) is 8.57. The molecule has 0 aromatic heterocycles. The SMILES string of the molecule is CCNCCCCSC1CCOCC1. The van der Waals surface area contributed by atoms with Gasteiger partial charge in [0.1, 0.15) is 0 Å². The lowest BCUT2D eigenvalue weighted by Crippen LogP contribution is -2.18. The van der Waals surface area contributed by atoms with Crippen LogP contribution in [-0.4, -0.2) is 37.3 Å². The van der Waals surface area contributed by atoms with Crippen LogP contribution in [-0.2, 0) is 4.74 Å². The van der Waals surface area contributed by atoms with Crippen molar-refractivity contribution in [2.45, 2.75) is 37.9 Å². The van der Waals surface area contributed by atoms with E-state index in [1.165, 1.54) is 38.0 Å². The standard InChI is InChI=1S/C11H23NOS/c1-2-12-7-3-4-10-14-11-5-8-13-9-6-11/h11-12H,2-10H2,1H3. The van der Waals surface area contributed by atoms with Crippen LogP contribution in [0, 0.1) is 0 Å². The highest BCUT2D eigenvalue weighted by molar-refractivity contribution is 7.99. The predicted octanol–water partition coefficient (Wildman–Crippen LogP) is 2.29. The molecule has 1 heterocycles. The maximum atomic E-state index is 5.34. The Bertz CT molecular complexity index is 126. The maximum absolute atomic E-state index is 5.34. The van der Waals surface area contributed by atoms with Crippen LogP contribution in [0.1, 0.15) is 32.6 Å². The number of thioether (sulfide) groups is 1. The molecule has 0 aromatic carbocycles. The summed E-state index contributed by atoms with van der Waals surface area (Å²) in [5.74, 6) is 1.33. The summed E-state index contributed by atoms with van der Waals surface area (Å²) in [6.07, 6.45) is 5.20. The van der Waals surface area contributed by atoms with Crippen LogP contribution in [0.4, 0.5) is 0 Å². The van der Waals surface area contributed by atoms with E-state index in [4.69, 9.17) is 4.74 Å². The van der Waals surface area contributed by atoms with Crippen LogP contribution in [0.2, 0.25) is 0 Å². The van der Waals surface area contributed by atoms with Gasteiger partial charge < -0.3 is 10.1 Å². The van der Waals surface area contributed by atoms with Crippen LogP contribution < -0.4 is 5.32 Å². The minimum absolute atomic E-state index is 0.878. The molecule has 84 valence electrons. The van der Waals surface area contributed by atoms with Gasteiger partial charge in [-0.15, -0.1) is 0 Å². The number of ether oxygens (including phenoxy) is 1. The Balaban J connectivity index is 1.82. The molecule has 1 rings (SSSR count). The second-order valence-corrected chi connectivity index (χ2v) is 5.15. The largest absolute Gasteiger partial charge is 0.381 e. The first-order valence-electron chi connectivity index (χ1n) is 5.83. The van der Waals surface area contributed by atoms with E-state index >= 15 is 0 Å². The third kappa shape index (κ3) is 5.89. The average Bonchev–Trinajstić information content (AvgIpc) is 2.25. The first-order valence-corrected chi connectivity index (χ1v) is 6.88. The first-order chi connectivity index (χ1) is 6.93. The number of nitrogens with one attached hydrogen (secondary N) is 1. The quantitative estimate of drug-likeness (QED) is 0.661. The fourth-order valence-electron chi connectivity index (χ4n) is 1.62. The summed E-state index contributed by atoms with van der Waals surface area (Å²) in [5, 5.41) is 4.24. The summed E-state index contributed by atoms with van der Waals surface area (Å²) < 4.78 is 5.34. The summed E-state index contributed by atoms with van der Waals surface area (Å²) in [6.45, 7) is 6.42. The highest BCUT2D eigenvalue weighted by atomic mass is 32.2. The molecule has 1 aliphatic heterocycles. The molecular weight excluding hydrogens is 194 g/mol. The van der Waals surface area contributed by atoms with Crippen molar-refractivity contribution in [2.24, 2.45) is 0 Å². The van der Waals surface area contributed by atoms with Gasteiger partial charge in [-0.2, -0.15) is 11.8 Å². The average molecular weight is 217 g/mol. The Morgan fingerprint density at radius 3 is 2.79 bits per heavy atom. The van der Waals surface area contributed by atoms with Crippen LogP contribution >= 0.6 is 11.8 Å². The highest BCUT2D eigenvalue weighted by Gasteiger charge is 2.13. The fraction of sp³-hybridized carbons (Fsp3) is 1.00. The summed E-state index contributed by atoms with van der Waals surface area (Å²) in [5.41, 5.74) is 0. The van der Waals surface area contributed by atoms with Crippen molar-refractivity contribution in [2.75, 3.05) is 32.1 Å². The summed E-state index contributed by atoms with van der Waals surface area (Å²) in [7, 11) is 0. The van der Waals surface area contributed by atoms with Crippen LogP contribution in [0.3, 0.4) is 0 Å². The van der Waals surface area contributed by atoms with Crippen molar-refractivity contribution in [1.29, 1.82) is 0 Å². The molecule has 2 nitrogen and oxygen atoms in total. The number of unbranched alkanes of at least 4 members (excludes halogenated alkanes) is 1. The summed E-state index contributed by atoms with van der Waals surface area (Å²) in [4.78, 5) is 0. The van der Waals surface area contributed by atoms with Crippen molar-refractivity contribution in [3.63, 3.8) is 0 Å². The second-order valence-electron chi connectivity index (χ2n) is 3.74. The van der Waals surface area contributed by atoms with Gasteiger partial charge in [0.15, 0.2) is 0 Å². The van der Waals surface area contributed by atoms with Gasteiger partial charge in [-0.1, -0.05) is 6.92 Å². The molecule has 1 N–H and O–H groups in total. The lowest BCUT2D eigenvalue weighted by molar-refractivity contribution is 0.100. The number of hydrogen-bond donors (Lipinski definition) is 1. The zero-order chi connectivity index (χ0) is 10.1. The van der Waals surface area contributed by atoms with Crippen molar-refractivity contribution < 1.29 is 4.74 Å². The van der Waals surface area contributed by atoms with Gasteiger partial charge in [0.05, 0.1) is 0 Å². The summed E-state index contributed by atoms with van der Waals surface area (Å²) in [6, 6.07) is 0. The number of rotatable bonds is 7. The molecule has 1 fully saturated rings. The third-order valence-corrected chi connectivity index (χ3v) is 3.99. The van der Waals surface area contributed by atoms with Crippen molar-refractivity contribution in [3.8, 4) is 0 Å². The Morgan fingerprint density at radius 2 is 2.07 bits per heavy atom. The van der Waals surface area contributed by atoms with Gasteiger partial charge >= 0.3 is 0 Å². The van der Waals surface area contributed by atoms with Crippen LogP contribution in [0.5, 0.6) is 0 Å². The van der Waals surface area contributed by atoms with E-state index in [-0.39, 0.29) is 0 Å².